The van der Waals surface area contributed by atoms with Crippen molar-refractivity contribution in [3.63, 3.8) is 0 Å². The Morgan fingerprint density at radius 2 is 2.12 bits per heavy atom. The molecule has 0 radical (unpaired) electrons. The van der Waals surface area contributed by atoms with Crippen molar-refractivity contribution in [1.29, 1.82) is 0 Å². The van der Waals surface area contributed by atoms with Crippen LogP contribution in [0.4, 0.5) is 11.4 Å². The second-order valence-electron chi connectivity index (χ2n) is 9.01. The van der Waals surface area contributed by atoms with Gasteiger partial charge in [-0.3, -0.25) is 4.99 Å². The van der Waals surface area contributed by atoms with Crippen molar-refractivity contribution in [2.24, 2.45) is 10.9 Å². The summed E-state index contributed by atoms with van der Waals surface area (Å²) in [6.07, 6.45) is 7.54. The van der Waals surface area contributed by atoms with E-state index in [2.05, 4.69) is 26.3 Å². The molecule has 1 unspecified atom stereocenters. The molecule has 32 heavy (non-hydrogen) atoms. The molecule has 0 spiro atoms. The summed E-state index contributed by atoms with van der Waals surface area (Å²) in [6.45, 7) is 5.02. The minimum Gasteiger partial charge on any atom is -0.507 e. The lowest BCUT2D eigenvalue weighted by atomic mass is 10.00. The summed E-state index contributed by atoms with van der Waals surface area (Å²) in [7, 11) is 1.70. The van der Waals surface area contributed by atoms with Crippen molar-refractivity contribution in [2.45, 2.75) is 32.2 Å². The Kier molecular flexibility index (Phi) is 5.43. The SMILES string of the molecule is CN=Cc1cc(-c2ccc3cc(N4CCC(NCC5CC5)C4)cnc3n2)c(O)c(C)c1N. The highest BCUT2D eigenvalue weighted by molar-refractivity contribution is 5.93. The number of aromatic hydroxyl groups is 1. The Morgan fingerprint density at radius 3 is 2.91 bits per heavy atom. The number of hydrogen-bond acceptors (Lipinski definition) is 7. The number of phenols is 1. The number of nitrogens with zero attached hydrogens (tertiary/aromatic N) is 4. The van der Waals surface area contributed by atoms with Crippen molar-refractivity contribution in [3.05, 3.63) is 41.6 Å². The first-order valence-electron chi connectivity index (χ1n) is 11.3. The van der Waals surface area contributed by atoms with Crippen LogP contribution in [0, 0.1) is 12.8 Å². The fraction of sp³-hybridized carbons (Fsp3) is 0.400. The summed E-state index contributed by atoms with van der Waals surface area (Å²) in [5, 5.41) is 15.4. The average Bonchev–Trinajstić information content (AvgIpc) is 3.52. The molecule has 1 atom stereocenters. The second-order valence-corrected chi connectivity index (χ2v) is 9.01. The highest BCUT2D eigenvalue weighted by atomic mass is 16.3. The van der Waals surface area contributed by atoms with Crippen LogP contribution in [0.2, 0.25) is 0 Å². The molecule has 2 aliphatic rings. The Balaban J connectivity index is 1.40. The molecular formula is C25H30N6O. The van der Waals surface area contributed by atoms with E-state index in [0.717, 1.165) is 42.2 Å². The Morgan fingerprint density at radius 1 is 1.28 bits per heavy atom. The lowest BCUT2D eigenvalue weighted by Gasteiger charge is -2.19. The molecule has 2 aromatic heterocycles. The van der Waals surface area contributed by atoms with Gasteiger partial charge in [-0.25, -0.2) is 9.97 Å². The molecule has 7 heteroatoms. The summed E-state index contributed by atoms with van der Waals surface area (Å²) < 4.78 is 0. The molecule has 1 aliphatic carbocycles. The number of aromatic nitrogens is 2. The van der Waals surface area contributed by atoms with E-state index in [4.69, 9.17) is 10.7 Å². The number of pyridine rings is 2. The van der Waals surface area contributed by atoms with Gasteiger partial charge in [0.05, 0.1) is 17.6 Å². The van der Waals surface area contributed by atoms with E-state index in [9.17, 15) is 5.11 Å². The van der Waals surface area contributed by atoms with Gasteiger partial charge in [0, 0.05) is 60.2 Å². The fourth-order valence-electron chi connectivity index (χ4n) is 4.43. The van der Waals surface area contributed by atoms with Crippen LogP contribution in [0.3, 0.4) is 0 Å². The number of benzene rings is 1. The predicted octanol–water partition coefficient (Wildman–Crippen LogP) is 3.52. The lowest BCUT2D eigenvalue weighted by molar-refractivity contribution is 0.473. The maximum atomic E-state index is 10.7. The summed E-state index contributed by atoms with van der Waals surface area (Å²) in [6, 6.07) is 8.49. The molecule has 1 saturated carbocycles. The van der Waals surface area contributed by atoms with E-state index in [1.807, 2.05) is 24.4 Å². The highest BCUT2D eigenvalue weighted by Crippen LogP contribution is 2.37. The molecule has 0 bridgehead atoms. The van der Waals surface area contributed by atoms with Crippen molar-refractivity contribution in [3.8, 4) is 17.0 Å². The molecule has 1 aliphatic heterocycles. The van der Waals surface area contributed by atoms with Gasteiger partial charge in [-0.1, -0.05) is 0 Å². The first-order valence-corrected chi connectivity index (χ1v) is 11.3. The van der Waals surface area contributed by atoms with Crippen LogP contribution in [-0.4, -0.2) is 54.0 Å². The lowest BCUT2D eigenvalue weighted by Crippen LogP contribution is -2.33. The van der Waals surface area contributed by atoms with Gasteiger partial charge in [-0.15, -0.1) is 0 Å². The van der Waals surface area contributed by atoms with Gasteiger partial charge in [-0.2, -0.15) is 0 Å². The molecule has 3 heterocycles. The zero-order valence-corrected chi connectivity index (χ0v) is 18.7. The number of nitrogens with two attached hydrogens (primary N) is 1. The van der Waals surface area contributed by atoms with Gasteiger partial charge < -0.3 is 21.1 Å². The number of anilines is 2. The summed E-state index contributed by atoms with van der Waals surface area (Å²) in [4.78, 5) is 15.8. The zero-order valence-electron chi connectivity index (χ0n) is 18.7. The molecule has 5 rings (SSSR count). The fourth-order valence-corrected chi connectivity index (χ4v) is 4.43. The minimum atomic E-state index is 0.140. The minimum absolute atomic E-state index is 0.140. The normalized spacial score (nSPS) is 18.8. The van der Waals surface area contributed by atoms with E-state index in [0.29, 0.717) is 34.2 Å². The van der Waals surface area contributed by atoms with Crippen LogP contribution in [0.15, 0.2) is 35.5 Å². The number of fused-ring (bicyclic) bond motifs is 1. The van der Waals surface area contributed by atoms with Gasteiger partial charge in [0.15, 0.2) is 5.65 Å². The van der Waals surface area contributed by atoms with E-state index in [1.54, 1.807) is 20.2 Å². The summed E-state index contributed by atoms with van der Waals surface area (Å²) >= 11 is 0. The van der Waals surface area contributed by atoms with Gasteiger partial charge in [0.1, 0.15) is 5.75 Å². The van der Waals surface area contributed by atoms with Crippen LogP contribution in [-0.2, 0) is 0 Å². The quantitative estimate of drug-likeness (QED) is 0.409. The molecule has 3 aromatic rings. The number of phenolic OH excluding ortho intramolecular Hbond substituents is 1. The van der Waals surface area contributed by atoms with Gasteiger partial charge in [0.25, 0.3) is 0 Å². The smallest absolute Gasteiger partial charge is 0.159 e. The second kappa shape index (κ2) is 8.39. The van der Waals surface area contributed by atoms with Crippen molar-refractivity contribution < 1.29 is 5.11 Å². The number of nitrogen functional groups attached to an aromatic ring is 1. The Labute approximate surface area is 188 Å². The molecule has 166 valence electrons. The van der Waals surface area contributed by atoms with Crippen LogP contribution in [0.25, 0.3) is 22.3 Å². The molecule has 2 fully saturated rings. The molecule has 1 saturated heterocycles. The summed E-state index contributed by atoms with van der Waals surface area (Å²) in [5.41, 5.74) is 11.1. The average molecular weight is 431 g/mol. The van der Waals surface area contributed by atoms with E-state index < -0.39 is 0 Å². The molecule has 7 nitrogen and oxygen atoms in total. The third-order valence-corrected chi connectivity index (χ3v) is 6.64. The third kappa shape index (κ3) is 4.00. The molecule has 4 N–H and O–H groups in total. The van der Waals surface area contributed by atoms with Crippen LogP contribution in [0.5, 0.6) is 5.75 Å². The van der Waals surface area contributed by atoms with Crippen LogP contribution < -0.4 is 16.0 Å². The Bertz CT molecular complexity index is 1190. The van der Waals surface area contributed by atoms with Crippen LogP contribution >= 0.6 is 0 Å². The molecule has 0 amide bonds. The maximum absolute atomic E-state index is 10.7. The van der Waals surface area contributed by atoms with Gasteiger partial charge in [0.2, 0.25) is 0 Å². The topological polar surface area (TPSA) is 99.7 Å². The number of aliphatic imine (C=N–C) groups is 1. The van der Waals surface area contributed by atoms with Crippen molar-refractivity contribution in [2.75, 3.05) is 37.3 Å². The zero-order chi connectivity index (χ0) is 22.2. The van der Waals surface area contributed by atoms with E-state index >= 15 is 0 Å². The highest BCUT2D eigenvalue weighted by Gasteiger charge is 2.26. The van der Waals surface area contributed by atoms with Crippen molar-refractivity contribution in [1.82, 2.24) is 15.3 Å². The molecular weight excluding hydrogens is 400 g/mol. The molecule has 1 aromatic carbocycles. The number of rotatable bonds is 6. The van der Waals surface area contributed by atoms with E-state index in [-0.39, 0.29) is 5.75 Å². The first kappa shape index (κ1) is 20.7. The van der Waals surface area contributed by atoms with Gasteiger partial charge >= 0.3 is 0 Å². The Hall–Kier alpha value is -3.19. The van der Waals surface area contributed by atoms with E-state index in [1.165, 1.54) is 19.3 Å². The van der Waals surface area contributed by atoms with Crippen molar-refractivity contribution >= 4 is 28.6 Å². The first-order chi connectivity index (χ1) is 15.5. The third-order valence-electron chi connectivity index (χ3n) is 6.64. The maximum Gasteiger partial charge on any atom is 0.159 e. The summed E-state index contributed by atoms with van der Waals surface area (Å²) in [5.74, 6) is 1.04. The largest absolute Gasteiger partial charge is 0.507 e. The monoisotopic (exact) mass is 430 g/mol. The van der Waals surface area contributed by atoms with Crippen LogP contribution in [0.1, 0.15) is 30.4 Å². The predicted molar refractivity (Wildman–Crippen MR) is 131 cm³/mol. The number of hydrogen-bond donors (Lipinski definition) is 3. The standard InChI is InChI=1S/C25H30N6O/c1-15-23(26)18(12-27-2)10-21(24(15)32)22-6-5-17-9-20(13-29-25(17)30-22)31-8-7-19(14-31)28-11-16-3-4-16/h5-6,9-10,12-13,16,19,28,32H,3-4,7-8,11,14,26H2,1-2H3. The number of nitrogens with one attached hydrogen (secondary N) is 1. The van der Waals surface area contributed by atoms with Gasteiger partial charge in [-0.05, 0) is 62.9 Å².